The Morgan fingerprint density at radius 1 is 0.382 bits per heavy atom. The summed E-state index contributed by atoms with van der Waals surface area (Å²) in [6.07, 6.45) is 40.8. The summed E-state index contributed by atoms with van der Waals surface area (Å²) in [6.45, 7) is 11.3. The molecule has 0 heterocycles. The summed E-state index contributed by atoms with van der Waals surface area (Å²) in [5.41, 5.74) is 0. The van der Waals surface area contributed by atoms with Crippen molar-refractivity contribution in [3.05, 3.63) is 0 Å². The van der Waals surface area contributed by atoms with E-state index in [0.717, 1.165) is 69.6 Å². The number of carbonyl (C=O) groups excluding carboxylic acids is 3. The van der Waals surface area contributed by atoms with Gasteiger partial charge in [0.25, 0.3) is 0 Å². The second-order valence-electron chi connectivity index (χ2n) is 17.5. The van der Waals surface area contributed by atoms with Gasteiger partial charge in [0.1, 0.15) is 13.2 Å². The number of hydrogen-bond donors (Lipinski definition) is 0. The van der Waals surface area contributed by atoms with E-state index < -0.39 is 6.10 Å². The SMILES string of the molecule is CCCCCCCCCCCCCCCC(=O)OC[C@@H](COC(=O)CCCCCCCCCCCC(C)C)OC(=O)CCCCCCCCCCC(C)CC. The lowest BCUT2D eigenvalue weighted by molar-refractivity contribution is -0.167. The topological polar surface area (TPSA) is 78.9 Å². The van der Waals surface area contributed by atoms with Gasteiger partial charge >= 0.3 is 17.9 Å². The van der Waals surface area contributed by atoms with E-state index in [1.54, 1.807) is 0 Å². The molecule has 6 nitrogen and oxygen atoms in total. The van der Waals surface area contributed by atoms with Crippen LogP contribution in [0.5, 0.6) is 0 Å². The van der Waals surface area contributed by atoms with Crippen LogP contribution in [0.4, 0.5) is 0 Å². The van der Waals surface area contributed by atoms with Crippen molar-refractivity contribution >= 4 is 17.9 Å². The summed E-state index contributed by atoms with van der Waals surface area (Å²) >= 11 is 0. The second kappa shape index (κ2) is 42.0. The molecule has 2 atom stereocenters. The number of esters is 3. The van der Waals surface area contributed by atoms with Gasteiger partial charge in [0.2, 0.25) is 0 Å². The molecule has 6 heteroatoms. The number of ether oxygens (including phenoxy) is 3. The maximum Gasteiger partial charge on any atom is 0.306 e. The molecule has 0 radical (unpaired) electrons. The molecule has 55 heavy (non-hydrogen) atoms. The first-order valence-electron chi connectivity index (χ1n) is 24.3. The summed E-state index contributed by atoms with van der Waals surface area (Å²) < 4.78 is 16.8. The molecule has 1 unspecified atom stereocenters. The second-order valence-corrected chi connectivity index (χ2v) is 17.5. The Bertz CT molecular complexity index is 841. The molecule has 0 bridgehead atoms. The van der Waals surface area contributed by atoms with E-state index in [2.05, 4.69) is 34.6 Å². The van der Waals surface area contributed by atoms with E-state index in [4.69, 9.17) is 14.2 Å². The number of carbonyl (C=O) groups is 3. The zero-order valence-electron chi connectivity index (χ0n) is 37.6. The average Bonchev–Trinajstić information content (AvgIpc) is 3.17. The highest BCUT2D eigenvalue weighted by molar-refractivity contribution is 5.71. The van der Waals surface area contributed by atoms with Gasteiger partial charge in [-0.15, -0.1) is 0 Å². The van der Waals surface area contributed by atoms with Crippen LogP contribution in [0.1, 0.15) is 266 Å². The molecule has 326 valence electrons. The smallest absolute Gasteiger partial charge is 0.306 e. The first-order chi connectivity index (χ1) is 26.8. The van der Waals surface area contributed by atoms with Crippen LogP contribution in [-0.4, -0.2) is 37.2 Å². The normalized spacial score (nSPS) is 12.5. The Kier molecular flexibility index (Phi) is 40.8. The van der Waals surface area contributed by atoms with E-state index in [-0.39, 0.29) is 31.1 Å². The van der Waals surface area contributed by atoms with Crippen LogP contribution in [-0.2, 0) is 28.6 Å². The van der Waals surface area contributed by atoms with Gasteiger partial charge in [-0.3, -0.25) is 14.4 Å². The van der Waals surface area contributed by atoms with Gasteiger partial charge in [-0.25, -0.2) is 0 Å². The number of rotatable bonds is 43. The van der Waals surface area contributed by atoms with E-state index in [0.29, 0.717) is 19.3 Å². The largest absolute Gasteiger partial charge is 0.462 e. The molecule has 0 aliphatic carbocycles. The standard InChI is InChI=1S/C49H94O6/c1-6-8-9-10-11-12-13-14-15-18-24-29-34-39-47(50)53-42-46(55-49(52)41-36-31-26-21-20-23-28-33-38-45(5)7-2)43-54-48(51)40-35-30-25-19-16-17-22-27-32-37-44(3)4/h44-46H,6-43H2,1-5H3/t45?,46-/m0/s1. The lowest BCUT2D eigenvalue weighted by Gasteiger charge is -2.18. The lowest BCUT2D eigenvalue weighted by Crippen LogP contribution is -2.30. The maximum atomic E-state index is 12.7. The van der Waals surface area contributed by atoms with E-state index in [1.807, 2.05) is 0 Å². The third-order valence-electron chi connectivity index (χ3n) is 11.3. The third kappa shape index (κ3) is 41.9. The van der Waals surface area contributed by atoms with Gasteiger partial charge in [0.05, 0.1) is 0 Å². The summed E-state index contributed by atoms with van der Waals surface area (Å²) in [6, 6.07) is 0. The van der Waals surface area contributed by atoms with Gasteiger partial charge in [-0.05, 0) is 31.1 Å². The van der Waals surface area contributed by atoms with Crippen LogP contribution in [0.2, 0.25) is 0 Å². The summed E-state index contributed by atoms with van der Waals surface area (Å²) in [5.74, 6) is 0.798. The average molecular weight is 779 g/mol. The minimum Gasteiger partial charge on any atom is -0.462 e. The molecular formula is C49H94O6. The summed E-state index contributed by atoms with van der Waals surface area (Å²) in [5, 5.41) is 0. The number of unbranched alkanes of at least 4 members (excludes halogenated alkanes) is 27. The molecule has 0 fully saturated rings. The molecular weight excluding hydrogens is 685 g/mol. The van der Waals surface area contributed by atoms with E-state index >= 15 is 0 Å². The molecule has 0 aromatic heterocycles. The highest BCUT2D eigenvalue weighted by Gasteiger charge is 2.19. The van der Waals surface area contributed by atoms with E-state index in [1.165, 1.54) is 154 Å². The van der Waals surface area contributed by atoms with Gasteiger partial charge < -0.3 is 14.2 Å². The van der Waals surface area contributed by atoms with Crippen molar-refractivity contribution < 1.29 is 28.6 Å². The third-order valence-corrected chi connectivity index (χ3v) is 11.3. The molecule has 0 aliphatic rings. The van der Waals surface area contributed by atoms with Crippen molar-refractivity contribution in [2.24, 2.45) is 11.8 Å². The lowest BCUT2D eigenvalue weighted by atomic mass is 9.99. The van der Waals surface area contributed by atoms with Gasteiger partial charge in [-0.2, -0.15) is 0 Å². The molecule has 0 saturated carbocycles. The first-order valence-corrected chi connectivity index (χ1v) is 24.3. The summed E-state index contributed by atoms with van der Waals surface area (Å²) in [7, 11) is 0. The van der Waals surface area contributed by atoms with Crippen molar-refractivity contribution in [2.75, 3.05) is 13.2 Å². The van der Waals surface area contributed by atoms with E-state index in [9.17, 15) is 14.4 Å². The van der Waals surface area contributed by atoms with Crippen molar-refractivity contribution in [2.45, 2.75) is 272 Å². The van der Waals surface area contributed by atoms with Crippen molar-refractivity contribution in [3.8, 4) is 0 Å². The zero-order chi connectivity index (χ0) is 40.5. The molecule has 0 amide bonds. The fourth-order valence-corrected chi connectivity index (χ4v) is 7.25. The number of hydrogen-bond acceptors (Lipinski definition) is 6. The van der Waals surface area contributed by atoms with Gasteiger partial charge in [-0.1, -0.05) is 227 Å². The molecule has 0 rings (SSSR count). The highest BCUT2D eigenvalue weighted by atomic mass is 16.6. The summed E-state index contributed by atoms with van der Waals surface area (Å²) in [4.78, 5) is 37.8. The Balaban J connectivity index is 4.34. The van der Waals surface area contributed by atoms with Crippen molar-refractivity contribution in [1.82, 2.24) is 0 Å². The predicted octanol–water partition coefficient (Wildman–Crippen LogP) is 15.4. The Morgan fingerprint density at radius 3 is 1.04 bits per heavy atom. The minimum atomic E-state index is -0.761. The quantitative estimate of drug-likeness (QED) is 0.0348. The monoisotopic (exact) mass is 779 g/mol. The highest BCUT2D eigenvalue weighted by Crippen LogP contribution is 2.17. The fourth-order valence-electron chi connectivity index (χ4n) is 7.25. The Morgan fingerprint density at radius 2 is 0.691 bits per heavy atom. The fraction of sp³-hybridized carbons (Fsp3) is 0.939. The first kappa shape index (κ1) is 53.4. The molecule has 0 spiro atoms. The van der Waals surface area contributed by atoms with Crippen LogP contribution in [0.3, 0.4) is 0 Å². The van der Waals surface area contributed by atoms with Gasteiger partial charge in [0.15, 0.2) is 6.10 Å². The van der Waals surface area contributed by atoms with Crippen molar-refractivity contribution in [3.63, 3.8) is 0 Å². The van der Waals surface area contributed by atoms with Crippen LogP contribution >= 0.6 is 0 Å². The van der Waals surface area contributed by atoms with Crippen LogP contribution in [0.15, 0.2) is 0 Å². The predicted molar refractivity (Wildman–Crippen MR) is 233 cm³/mol. The van der Waals surface area contributed by atoms with Crippen molar-refractivity contribution in [1.29, 1.82) is 0 Å². The Hall–Kier alpha value is -1.59. The van der Waals surface area contributed by atoms with Crippen LogP contribution in [0.25, 0.3) is 0 Å². The maximum absolute atomic E-state index is 12.7. The van der Waals surface area contributed by atoms with Crippen LogP contribution < -0.4 is 0 Å². The van der Waals surface area contributed by atoms with Crippen LogP contribution in [0, 0.1) is 11.8 Å². The molecule has 0 aromatic carbocycles. The molecule has 0 aromatic rings. The molecule has 0 aliphatic heterocycles. The minimum absolute atomic E-state index is 0.0647. The Labute approximate surface area is 342 Å². The van der Waals surface area contributed by atoms with Gasteiger partial charge in [0, 0.05) is 19.3 Å². The zero-order valence-corrected chi connectivity index (χ0v) is 37.6. The molecule has 0 saturated heterocycles. The molecule has 0 N–H and O–H groups in total.